The summed E-state index contributed by atoms with van der Waals surface area (Å²) in [6, 6.07) is 20.3. The molecule has 0 radical (unpaired) electrons. The molecule has 0 saturated carbocycles. The quantitative estimate of drug-likeness (QED) is 0.536. The van der Waals surface area contributed by atoms with Crippen molar-refractivity contribution in [2.45, 2.75) is 24.4 Å². The summed E-state index contributed by atoms with van der Waals surface area (Å²) in [7, 11) is -2.95. The number of benzene rings is 3. The number of aliphatic hydroxyl groups excluding tert-OH is 1. The van der Waals surface area contributed by atoms with Gasteiger partial charge in [0, 0.05) is 6.54 Å². The standard InChI is InChI=1S/C26H23NO6S/c1-17-8-14-21(15-9-17)34(31,32)24-22(19-10-12-20(13-11-19)26(30)33-2)27(25(29)23(24)28)16-18-6-4-3-5-7-18/h3-15,22,28H,16H2,1-2H3. The molecule has 0 bridgehead atoms. The minimum atomic E-state index is -4.22. The van der Waals surface area contributed by atoms with Gasteiger partial charge in [0.05, 0.1) is 23.6 Å². The predicted molar refractivity (Wildman–Crippen MR) is 126 cm³/mol. The zero-order chi connectivity index (χ0) is 24.5. The molecule has 1 heterocycles. The molecule has 3 aromatic carbocycles. The fourth-order valence-electron chi connectivity index (χ4n) is 3.94. The van der Waals surface area contributed by atoms with E-state index in [-0.39, 0.29) is 21.9 Å². The average Bonchev–Trinajstić information content (AvgIpc) is 3.10. The van der Waals surface area contributed by atoms with Gasteiger partial charge in [-0.15, -0.1) is 0 Å². The number of carbonyl (C=O) groups is 2. The third-order valence-electron chi connectivity index (χ3n) is 5.72. The van der Waals surface area contributed by atoms with E-state index in [4.69, 9.17) is 4.74 Å². The van der Waals surface area contributed by atoms with E-state index in [1.807, 2.05) is 37.3 Å². The molecular weight excluding hydrogens is 454 g/mol. The number of hydrogen-bond donors (Lipinski definition) is 1. The number of aryl methyl sites for hydroxylation is 1. The summed E-state index contributed by atoms with van der Waals surface area (Å²) in [5, 5.41) is 10.8. The summed E-state index contributed by atoms with van der Waals surface area (Å²) in [4.78, 5) is 25.9. The highest BCUT2D eigenvalue weighted by molar-refractivity contribution is 7.95. The molecule has 3 aromatic rings. The number of sulfone groups is 1. The number of nitrogens with zero attached hydrogens (tertiary/aromatic N) is 1. The zero-order valence-electron chi connectivity index (χ0n) is 18.6. The molecule has 0 aromatic heterocycles. The summed E-state index contributed by atoms with van der Waals surface area (Å²) in [5.74, 6) is -2.13. The highest BCUT2D eigenvalue weighted by Crippen LogP contribution is 2.43. The Morgan fingerprint density at radius 2 is 1.59 bits per heavy atom. The number of aliphatic hydroxyl groups is 1. The lowest BCUT2D eigenvalue weighted by atomic mass is 10.0. The summed E-state index contributed by atoms with van der Waals surface area (Å²) in [6.07, 6.45) is 0. The molecule has 7 nitrogen and oxygen atoms in total. The Hall–Kier alpha value is -3.91. The van der Waals surface area contributed by atoms with Crippen molar-refractivity contribution in [1.82, 2.24) is 4.90 Å². The summed E-state index contributed by atoms with van der Waals surface area (Å²) in [5.41, 5.74) is 2.36. The van der Waals surface area contributed by atoms with Gasteiger partial charge in [0.1, 0.15) is 4.91 Å². The number of methoxy groups -OCH3 is 1. The molecule has 0 saturated heterocycles. The Balaban J connectivity index is 1.84. The zero-order valence-corrected chi connectivity index (χ0v) is 19.5. The van der Waals surface area contributed by atoms with Crippen LogP contribution in [0.3, 0.4) is 0 Å². The summed E-state index contributed by atoms with van der Waals surface area (Å²) in [6.45, 7) is 1.92. The van der Waals surface area contributed by atoms with Crippen LogP contribution >= 0.6 is 0 Å². The highest BCUT2D eigenvalue weighted by Gasteiger charge is 2.46. The summed E-state index contributed by atoms with van der Waals surface area (Å²) < 4.78 is 32.0. The van der Waals surface area contributed by atoms with E-state index in [2.05, 4.69) is 0 Å². The van der Waals surface area contributed by atoms with Crippen LogP contribution < -0.4 is 0 Å². The topological polar surface area (TPSA) is 101 Å². The molecule has 1 amide bonds. The Bertz CT molecular complexity index is 1360. The molecule has 174 valence electrons. The van der Waals surface area contributed by atoms with Crippen molar-refractivity contribution in [2.24, 2.45) is 0 Å². The molecule has 1 aliphatic rings. The van der Waals surface area contributed by atoms with Gasteiger partial charge in [0.15, 0.2) is 5.76 Å². The van der Waals surface area contributed by atoms with Crippen LogP contribution in [0.1, 0.15) is 33.1 Å². The lowest BCUT2D eigenvalue weighted by molar-refractivity contribution is -0.130. The van der Waals surface area contributed by atoms with Gasteiger partial charge in [0.2, 0.25) is 9.84 Å². The number of esters is 1. The minimum absolute atomic E-state index is 0.0230. The van der Waals surface area contributed by atoms with Crippen molar-refractivity contribution < 1.29 is 27.9 Å². The maximum atomic E-state index is 13.6. The van der Waals surface area contributed by atoms with Gasteiger partial charge >= 0.3 is 5.97 Å². The minimum Gasteiger partial charge on any atom is -0.502 e. The van der Waals surface area contributed by atoms with Crippen LogP contribution in [-0.4, -0.2) is 37.4 Å². The van der Waals surface area contributed by atoms with Crippen LogP contribution in [0.15, 0.2) is 94.4 Å². The van der Waals surface area contributed by atoms with E-state index in [1.54, 1.807) is 24.3 Å². The normalized spacial score (nSPS) is 16.1. The molecule has 1 aliphatic heterocycles. The van der Waals surface area contributed by atoms with E-state index in [1.165, 1.54) is 36.3 Å². The van der Waals surface area contributed by atoms with E-state index in [0.717, 1.165) is 11.1 Å². The maximum Gasteiger partial charge on any atom is 0.337 e. The Morgan fingerprint density at radius 3 is 2.18 bits per heavy atom. The number of carbonyl (C=O) groups excluding carboxylic acids is 2. The predicted octanol–water partition coefficient (Wildman–Crippen LogP) is 4.11. The number of rotatable bonds is 6. The molecule has 0 fully saturated rings. The average molecular weight is 478 g/mol. The van der Waals surface area contributed by atoms with Crippen LogP contribution in [-0.2, 0) is 25.9 Å². The molecule has 1 N–H and O–H groups in total. The van der Waals surface area contributed by atoms with E-state index in [9.17, 15) is 23.1 Å². The van der Waals surface area contributed by atoms with Crippen LogP contribution in [0.2, 0.25) is 0 Å². The fourth-order valence-corrected chi connectivity index (χ4v) is 5.59. The van der Waals surface area contributed by atoms with Gasteiger partial charge in [-0.25, -0.2) is 13.2 Å². The van der Waals surface area contributed by atoms with Gasteiger partial charge in [-0.05, 0) is 42.3 Å². The Kier molecular flexibility index (Phi) is 6.26. The monoisotopic (exact) mass is 477 g/mol. The Morgan fingerprint density at radius 1 is 0.971 bits per heavy atom. The first-order valence-corrected chi connectivity index (χ1v) is 12.0. The second kappa shape index (κ2) is 9.15. The van der Waals surface area contributed by atoms with Crippen molar-refractivity contribution in [3.63, 3.8) is 0 Å². The molecule has 1 unspecified atom stereocenters. The van der Waals surface area contributed by atoms with Gasteiger partial charge < -0.3 is 14.7 Å². The van der Waals surface area contributed by atoms with Gasteiger partial charge in [-0.2, -0.15) is 0 Å². The smallest absolute Gasteiger partial charge is 0.337 e. The number of hydrogen-bond acceptors (Lipinski definition) is 6. The van der Waals surface area contributed by atoms with Gasteiger partial charge in [-0.1, -0.05) is 60.2 Å². The van der Waals surface area contributed by atoms with Crippen LogP contribution in [0.4, 0.5) is 0 Å². The first-order valence-electron chi connectivity index (χ1n) is 10.5. The van der Waals surface area contributed by atoms with Crippen LogP contribution in [0.5, 0.6) is 0 Å². The van der Waals surface area contributed by atoms with Gasteiger partial charge in [-0.3, -0.25) is 4.79 Å². The fraction of sp³-hybridized carbons (Fsp3) is 0.154. The van der Waals surface area contributed by atoms with E-state index < -0.39 is 33.5 Å². The molecule has 0 spiro atoms. The van der Waals surface area contributed by atoms with Crippen LogP contribution in [0, 0.1) is 6.92 Å². The third kappa shape index (κ3) is 4.20. The first-order chi connectivity index (χ1) is 16.2. The molecule has 1 atom stereocenters. The first kappa shape index (κ1) is 23.3. The largest absolute Gasteiger partial charge is 0.502 e. The molecular formula is C26H23NO6S. The second-order valence-electron chi connectivity index (χ2n) is 7.96. The van der Waals surface area contributed by atoms with Crippen LogP contribution in [0.25, 0.3) is 0 Å². The molecule has 34 heavy (non-hydrogen) atoms. The molecule has 4 rings (SSSR count). The lowest BCUT2D eigenvalue weighted by Gasteiger charge is -2.27. The van der Waals surface area contributed by atoms with Crippen molar-refractivity contribution in [2.75, 3.05) is 7.11 Å². The SMILES string of the molecule is COC(=O)c1ccc(C2C(S(=O)(=O)c3ccc(C)cc3)=C(O)C(=O)N2Cc2ccccc2)cc1. The van der Waals surface area contributed by atoms with Crippen molar-refractivity contribution in [1.29, 1.82) is 0 Å². The Labute approximate surface area is 197 Å². The van der Waals surface area contributed by atoms with Crippen molar-refractivity contribution >= 4 is 21.7 Å². The van der Waals surface area contributed by atoms with Gasteiger partial charge in [0.25, 0.3) is 5.91 Å². The maximum absolute atomic E-state index is 13.6. The van der Waals surface area contributed by atoms with E-state index in [0.29, 0.717) is 5.56 Å². The number of ether oxygens (including phenoxy) is 1. The lowest BCUT2D eigenvalue weighted by Crippen LogP contribution is -2.30. The molecule has 8 heteroatoms. The second-order valence-corrected chi connectivity index (χ2v) is 9.88. The van der Waals surface area contributed by atoms with Crippen molar-refractivity contribution in [3.8, 4) is 0 Å². The molecule has 0 aliphatic carbocycles. The number of amides is 1. The van der Waals surface area contributed by atoms with Crippen molar-refractivity contribution in [3.05, 3.63) is 112 Å². The summed E-state index contributed by atoms with van der Waals surface area (Å²) >= 11 is 0. The van der Waals surface area contributed by atoms with E-state index >= 15 is 0 Å². The highest BCUT2D eigenvalue weighted by atomic mass is 32.2. The third-order valence-corrected chi connectivity index (χ3v) is 7.61.